The Balaban J connectivity index is 1.96. The first-order valence-corrected chi connectivity index (χ1v) is 6.98. The van der Waals surface area contributed by atoms with Crippen molar-refractivity contribution >= 4 is 12.1 Å². The fourth-order valence-corrected chi connectivity index (χ4v) is 1.97. The van der Waals surface area contributed by atoms with Crippen molar-refractivity contribution in [3.8, 4) is 11.5 Å². The van der Waals surface area contributed by atoms with Crippen LogP contribution < -0.4 is 10.2 Å². The summed E-state index contributed by atoms with van der Waals surface area (Å²) in [5.74, 6) is 0.171. The zero-order chi connectivity index (χ0) is 15.9. The lowest BCUT2D eigenvalue weighted by Gasteiger charge is -2.07. The van der Waals surface area contributed by atoms with Gasteiger partial charge in [0, 0.05) is 24.5 Å². The van der Waals surface area contributed by atoms with E-state index < -0.39 is 0 Å². The standard InChI is InChI=1S/C16H19N3O3/c1-3-22-14-8-4-6-12(16(14)21)11-17-18-15(20)10-13-7-5-9-19(13)2/h4-9,11,21H,3,10H2,1-2H3,(H,18,20). The van der Waals surface area contributed by atoms with Gasteiger partial charge in [-0.05, 0) is 31.2 Å². The lowest BCUT2D eigenvalue weighted by atomic mass is 10.2. The van der Waals surface area contributed by atoms with Gasteiger partial charge < -0.3 is 14.4 Å². The number of aryl methyl sites for hydroxylation is 1. The Morgan fingerprint density at radius 2 is 2.23 bits per heavy atom. The van der Waals surface area contributed by atoms with Gasteiger partial charge in [-0.15, -0.1) is 0 Å². The van der Waals surface area contributed by atoms with E-state index in [1.807, 2.05) is 36.9 Å². The zero-order valence-corrected chi connectivity index (χ0v) is 12.6. The number of hydrazone groups is 1. The Bertz CT molecular complexity index is 677. The van der Waals surface area contributed by atoms with Crippen molar-refractivity contribution in [3.63, 3.8) is 0 Å². The molecule has 0 spiro atoms. The number of nitrogens with one attached hydrogen (secondary N) is 1. The maximum absolute atomic E-state index is 11.8. The molecule has 0 aliphatic heterocycles. The summed E-state index contributed by atoms with van der Waals surface area (Å²) in [6.07, 6.45) is 3.51. The Morgan fingerprint density at radius 3 is 2.91 bits per heavy atom. The van der Waals surface area contributed by atoms with Gasteiger partial charge >= 0.3 is 0 Å². The summed E-state index contributed by atoms with van der Waals surface area (Å²) in [7, 11) is 1.88. The molecule has 116 valence electrons. The lowest BCUT2D eigenvalue weighted by molar-refractivity contribution is -0.120. The number of rotatable bonds is 6. The molecule has 2 rings (SSSR count). The molecular weight excluding hydrogens is 282 g/mol. The molecule has 2 N–H and O–H groups in total. The highest BCUT2D eigenvalue weighted by Crippen LogP contribution is 2.28. The van der Waals surface area contributed by atoms with E-state index in [1.54, 1.807) is 18.2 Å². The van der Waals surface area contributed by atoms with Crippen molar-refractivity contribution in [2.24, 2.45) is 12.1 Å². The third-order valence-electron chi connectivity index (χ3n) is 3.12. The molecule has 1 amide bonds. The molecule has 0 saturated heterocycles. The highest BCUT2D eigenvalue weighted by atomic mass is 16.5. The molecule has 0 aliphatic rings. The third kappa shape index (κ3) is 3.88. The number of ether oxygens (including phenoxy) is 1. The van der Waals surface area contributed by atoms with E-state index in [2.05, 4.69) is 10.5 Å². The lowest BCUT2D eigenvalue weighted by Crippen LogP contribution is -2.20. The van der Waals surface area contributed by atoms with E-state index in [4.69, 9.17) is 4.74 Å². The molecule has 0 radical (unpaired) electrons. The van der Waals surface area contributed by atoms with Gasteiger partial charge in [0.25, 0.3) is 0 Å². The number of benzene rings is 1. The van der Waals surface area contributed by atoms with Crippen LogP contribution in [0.1, 0.15) is 18.2 Å². The first-order chi connectivity index (χ1) is 10.6. The first kappa shape index (κ1) is 15.6. The Hall–Kier alpha value is -2.76. The molecule has 6 heteroatoms. The predicted octanol–water partition coefficient (Wildman–Crippen LogP) is 1.82. The molecule has 0 aliphatic carbocycles. The second-order valence-electron chi connectivity index (χ2n) is 4.71. The monoisotopic (exact) mass is 301 g/mol. The van der Waals surface area contributed by atoms with E-state index in [-0.39, 0.29) is 18.1 Å². The number of phenols is 1. The number of para-hydroxylation sites is 1. The fraction of sp³-hybridized carbons (Fsp3) is 0.250. The number of nitrogens with zero attached hydrogens (tertiary/aromatic N) is 2. The third-order valence-corrected chi connectivity index (χ3v) is 3.12. The molecule has 2 aromatic rings. The van der Waals surface area contributed by atoms with Gasteiger partial charge in [0.2, 0.25) is 5.91 Å². The summed E-state index contributed by atoms with van der Waals surface area (Å²) in [6, 6.07) is 8.86. The van der Waals surface area contributed by atoms with Crippen molar-refractivity contribution in [1.82, 2.24) is 9.99 Å². The van der Waals surface area contributed by atoms with Gasteiger partial charge in [0.1, 0.15) is 0 Å². The average Bonchev–Trinajstić information content (AvgIpc) is 2.88. The zero-order valence-electron chi connectivity index (χ0n) is 12.6. The SMILES string of the molecule is CCOc1cccc(C=NNC(=O)Cc2cccn2C)c1O. The van der Waals surface area contributed by atoms with Crippen LogP contribution in [0.2, 0.25) is 0 Å². The van der Waals surface area contributed by atoms with Crippen LogP contribution in [0.5, 0.6) is 11.5 Å². The summed E-state index contributed by atoms with van der Waals surface area (Å²) in [6.45, 7) is 2.30. The predicted molar refractivity (Wildman–Crippen MR) is 84.1 cm³/mol. The van der Waals surface area contributed by atoms with Crippen LogP contribution >= 0.6 is 0 Å². The van der Waals surface area contributed by atoms with Crippen LogP contribution in [0.15, 0.2) is 41.6 Å². The van der Waals surface area contributed by atoms with Gasteiger partial charge in [-0.1, -0.05) is 6.07 Å². The minimum absolute atomic E-state index is 0.00443. The van der Waals surface area contributed by atoms with Crippen molar-refractivity contribution < 1.29 is 14.6 Å². The van der Waals surface area contributed by atoms with Crippen molar-refractivity contribution in [3.05, 3.63) is 47.8 Å². The number of hydrogen-bond donors (Lipinski definition) is 2. The van der Waals surface area contributed by atoms with Gasteiger partial charge in [0.15, 0.2) is 11.5 Å². The van der Waals surface area contributed by atoms with Crippen LogP contribution in [0, 0.1) is 0 Å². The number of phenolic OH excluding ortho intramolecular Hbond substituents is 1. The number of carbonyl (C=O) groups is 1. The van der Waals surface area contributed by atoms with Crippen LogP contribution in [0.4, 0.5) is 0 Å². The molecule has 22 heavy (non-hydrogen) atoms. The molecule has 1 heterocycles. The molecular formula is C16H19N3O3. The van der Waals surface area contributed by atoms with E-state index in [0.717, 1.165) is 5.69 Å². The maximum Gasteiger partial charge on any atom is 0.245 e. The molecule has 1 aromatic heterocycles. The first-order valence-electron chi connectivity index (χ1n) is 6.98. The molecule has 0 fully saturated rings. The van der Waals surface area contributed by atoms with Crippen molar-refractivity contribution in [2.45, 2.75) is 13.3 Å². The molecule has 0 atom stereocenters. The fourth-order valence-electron chi connectivity index (χ4n) is 1.97. The summed E-state index contributed by atoms with van der Waals surface area (Å²) in [5.41, 5.74) is 3.81. The topological polar surface area (TPSA) is 75.8 Å². The quantitative estimate of drug-likeness (QED) is 0.631. The molecule has 1 aromatic carbocycles. The van der Waals surface area contributed by atoms with Gasteiger partial charge in [-0.3, -0.25) is 4.79 Å². The summed E-state index contributed by atoms with van der Waals surface area (Å²) >= 11 is 0. The number of aromatic hydroxyl groups is 1. The van der Waals surface area contributed by atoms with Crippen molar-refractivity contribution in [2.75, 3.05) is 6.61 Å². The second-order valence-corrected chi connectivity index (χ2v) is 4.71. The van der Waals surface area contributed by atoms with E-state index in [9.17, 15) is 9.90 Å². The van der Waals surface area contributed by atoms with Crippen LogP contribution in [-0.4, -0.2) is 28.4 Å². The minimum Gasteiger partial charge on any atom is -0.504 e. The van der Waals surface area contributed by atoms with Gasteiger partial charge in [-0.2, -0.15) is 5.10 Å². The average molecular weight is 301 g/mol. The van der Waals surface area contributed by atoms with Crippen LogP contribution in [-0.2, 0) is 18.3 Å². The minimum atomic E-state index is -0.224. The van der Waals surface area contributed by atoms with E-state index in [1.165, 1.54) is 6.21 Å². The number of aromatic nitrogens is 1. The highest BCUT2D eigenvalue weighted by molar-refractivity contribution is 5.86. The highest BCUT2D eigenvalue weighted by Gasteiger charge is 2.07. The van der Waals surface area contributed by atoms with Gasteiger partial charge in [0.05, 0.1) is 19.2 Å². The van der Waals surface area contributed by atoms with Crippen molar-refractivity contribution in [1.29, 1.82) is 0 Å². The Labute approximate surface area is 129 Å². The van der Waals surface area contributed by atoms with E-state index >= 15 is 0 Å². The van der Waals surface area contributed by atoms with Gasteiger partial charge in [-0.25, -0.2) is 5.43 Å². The number of amides is 1. The molecule has 0 bridgehead atoms. The molecule has 0 unspecified atom stereocenters. The summed E-state index contributed by atoms with van der Waals surface area (Å²) in [4.78, 5) is 11.8. The molecule has 6 nitrogen and oxygen atoms in total. The van der Waals surface area contributed by atoms with Crippen LogP contribution in [0.3, 0.4) is 0 Å². The summed E-state index contributed by atoms with van der Waals surface area (Å²) in [5, 5.41) is 13.9. The Kier molecular flexibility index (Phi) is 5.19. The maximum atomic E-state index is 11.8. The largest absolute Gasteiger partial charge is 0.504 e. The number of carbonyl (C=O) groups excluding carboxylic acids is 1. The second kappa shape index (κ2) is 7.31. The smallest absolute Gasteiger partial charge is 0.245 e. The Morgan fingerprint density at radius 1 is 1.41 bits per heavy atom. The van der Waals surface area contributed by atoms with E-state index in [0.29, 0.717) is 17.9 Å². The summed E-state index contributed by atoms with van der Waals surface area (Å²) < 4.78 is 7.16. The number of hydrogen-bond acceptors (Lipinski definition) is 4. The normalized spacial score (nSPS) is 10.8. The molecule has 0 saturated carbocycles. The van der Waals surface area contributed by atoms with Crippen LogP contribution in [0.25, 0.3) is 0 Å².